The van der Waals surface area contributed by atoms with E-state index < -0.39 is 0 Å². The van der Waals surface area contributed by atoms with Gasteiger partial charge in [-0.2, -0.15) is 0 Å². The van der Waals surface area contributed by atoms with E-state index >= 15 is 0 Å². The lowest BCUT2D eigenvalue weighted by Crippen LogP contribution is -2.37. The number of benzene rings is 1. The van der Waals surface area contributed by atoms with Crippen LogP contribution in [0.25, 0.3) is 0 Å². The highest BCUT2D eigenvalue weighted by molar-refractivity contribution is 5.84. The van der Waals surface area contributed by atoms with Crippen LogP contribution >= 0.6 is 0 Å². The van der Waals surface area contributed by atoms with Gasteiger partial charge in [0.1, 0.15) is 6.04 Å². The van der Waals surface area contributed by atoms with E-state index in [4.69, 9.17) is 4.74 Å². The molecule has 1 fully saturated rings. The van der Waals surface area contributed by atoms with Crippen molar-refractivity contribution in [1.29, 1.82) is 0 Å². The number of carbonyl (C=O) groups is 1. The fourth-order valence-corrected chi connectivity index (χ4v) is 2.23. The Hall–Kier alpha value is -1.75. The number of nitrogens with zero attached hydrogens (tertiary/aromatic N) is 1. The predicted molar refractivity (Wildman–Crippen MR) is 81.2 cm³/mol. The molecule has 110 valence electrons. The molecule has 1 unspecified atom stereocenters. The second-order valence-corrected chi connectivity index (χ2v) is 4.91. The first-order valence-corrected chi connectivity index (χ1v) is 7.17. The number of amides is 1. The molecule has 1 heterocycles. The molecule has 5 heteroatoms. The Morgan fingerprint density at radius 1 is 1.30 bits per heavy atom. The number of carbonyl (C=O) groups excluding carboxylic acids is 1. The molecule has 5 nitrogen and oxygen atoms in total. The molecule has 20 heavy (non-hydrogen) atoms. The van der Waals surface area contributed by atoms with Crippen molar-refractivity contribution in [2.45, 2.75) is 19.9 Å². The van der Waals surface area contributed by atoms with Crippen LogP contribution in [0.3, 0.4) is 0 Å². The fraction of sp³-hybridized carbons (Fsp3) is 0.533. The lowest BCUT2D eigenvalue weighted by atomic mass is 10.2. The van der Waals surface area contributed by atoms with Gasteiger partial charge in [-0.05, 0) is 38.1 Å². The Kier molecular flexibility index (Phi) is 5.24. The third-order valence-corrected chi connectivity index (χ3v) is 3.37. The summed E-state index contributed by atoms with van der Waals surface area (Å²) in [7, 11) is 0. The van der Waals surface area contributed by atoms with Gasteiger partial charge in [-0.25, -0.2) is 0 Å². The predicted octanol–water partition coefficient (Wildman–Crippen LogP) is 1.46. The molecule has 0 bridgehead atoms. The minimum Gasteiger partial charge on any atom is -0.378 e. The SMILES string of the molecule is CCNC(=O)C(C)Nc1ccc(N2CCOCC2)cc1. The summed E-state index contributed by atoms with van der Waals surface area (Å²) < 4.78 is 5.35. The van der Waals surface area contributed by atoms with Crippen LogP contribution in [0.1, 0.15) is 13.8 Å². The molecule has 1 amide bonds. The van der Waals surface area contributed by atoms with E-state index in [1.165, 1.54) is 5.69 Å². The molecule has 0 saturated carbocycles. The quantitative estimate of drug-likeness (QED) is 0.855. The van der Waals surface area contributed by atoms with E-state index in [-0.39, 0.29) is 11.9 Å². The average Bonchev–Trinajstić information content (AvgIpc) is 2.49. The number of ether oxygens (including phenoxy) is 1. The van der Waals surface area contributed by atoms with Gasteiger partial charge in [-0.15, -0.1) is 0 Å². The summed E-state index contributed by atoms with van der Waals surface area (Å²) in [5.41, 5.74) is 2.16. The Labute approximate surface area is 120 Å². The maximum Gasteiger partial charge on any atom is 0.242 e. The van der Waals surface area contributed by atoms with Crippen molar-refractivity contribution in [3.63, 3.8) is 0 Å². The van der Waals surface area contributed by atoms with Gasteiger partial charge in [0.15, 0.2) is 0 Å². The first-order chi connectivity index (χ1) is 9.70. The Bertz CT molecular complexity index is 427. The summed E-state index contributed by atoms with van der Waals surface area (Å²) in [4.78, 5) is 14.0. The zero-order valence-electron chi connectivity index (χ0n) is 12.2. The van der Waals surface area contributed by atoms with Crippen LogP contribution in [0.15, 0.2) is 24.3 Å². The standard InChI is InChI=1S/C15H23N3O2/c1-3-16-15(19)12(2)17-13-4-6-14(7-5-13)18-8-10-20-11-9-18/h4-7,12,17H,3,8-11H2,1-2H3,(H,16,19). The number of rotatable bonds is 5. The van der Waals surface area contributed by atoms with Gasteiger partial charge in [-0.3, -0.25) is 4.79 Å². The molecule has 0 spiro atoms. The maximum absolute atomic E-state index is 11.7. The third-order valence-electron chi connectivity index (χ3n) is 3.37. The normalized spacial score (nSPS) is 16.6. The fourth-order valence-electron chi connectivity index (χ4n) is 2.23. The van der Waals surface area contributed by atoms with Crippen LogP contribution in [0.4, 0.5) is 11.4 Å². The molecule has 1 aromatic carbocycles. The average molecular weight is 277 g/mol. The summed E-state index contributed by atoms with van der Waals surface area (Å²) in [6.07, 6.45) is 0. The molecule has 1 saturated heterocycles. The molecule has 1 aliphatic heterocycles. The maximum atomic E-state index is 11.7. The molecular formula is C15H23N3O2. The monoisotopic (exact) mass is 277 g/mol. The first kappa shape index (κ1) is 14.7. The Morgan fingerprint density at radius 3 is 2.55 bits per heavy atom. The highest BCUT2D eigenvalue weighted by Gasteiger charge is 2.13. The molecule has 0 aromatic heterocycles. The van der Waals surface area contributed by atoms with Crippen molar-refractivity contribution in [2.75, 3.05) is 43.1 Å². The second kappa shape index (κ2) is 7.14. The second-order valence-electron chi connectivity index (χ2n) is 4.91. The van der Waals surface area contributed by atoms with Gasteiger partial charge < -0.3 is 20.3 Å². The van der Waals surface area contributed by atoms with E-state index in [2.05, 4.69) is 27.7 Å². The minimum absolute atomic E-state index is 0.0183. The third kappa shape index (κ3) is 3.87. The van der Waals surface area contributed by atoms with Crippen LogP contribution in [0.5, 0.6) is 0 Å². The zero-order valence-corrected chi connectivity index (χ0v) is 12.2. The highest BCUT2D eigenvalue weighted by atomic mass is 16.5. The van der Waals surface area contributed by atoms with Crippen molar-refractivity contribution < 1.29 is 9.53 Å². The first-order valence-electron chi connectivity index (χ1n) is 7.17. The van der Waals surface area contributed by atoms with E-state index in [1.54, 1.807) is 0 Å². The summed E-state index contributed by atoms with van der Waals surface area (Å²) in [6.45, 7) is 7.87. The number of anilines is 2. The molecule has 0 radical (unpaired) electrons. The van der Waals surface area contributed by atoms with Crippen molar-refractivity contribution >= 4 is 17.3 Å². The summed E-state index contributed by atoms with van der Waals surface area (Å²) >= 11 is 0. The number of morpholine rings is 1. The molecule has 2 N–H and O–H groups in total. The largest absolute Gasteiger partial charge is 0.378 e. The number of nitrogens with one attached hydrogen (secondary N) is 2. The van der Waals surface area contributed by atoms with Gasteiger partial charge >= 0.3 is 0 Å². The van der Waals surface area contributed by atoms with Gasteiger partial charge in [0, 0.05) is 31.0 Å². The van der Waals surface area contributed by atoms with Crippen molar-refractivity contribution in [2.24, 2.45) is 0 Å². The lowest BCUT2D eigenvalue weighted by molar-refractivity contribution is -0.121. The van der Waals surface area contributed by atoms with Gasteiger partial charge in [0.05, 0.1) is 13.2 Å². The lowest BCUT2D eigenvalue weighted by Gasteiger charge is -2.29. The van der Waals surface area contributed by atoms with Gasteiger partial charge in [-0.1, -0.05) is 0 Å². The van der Waals surface area contributed by atoms with Crippen LogP contribution in [0, 0.1) is 0 Å². The summed E-state index contributed by atoms with van der Waals surface area (Å²) in [5, 5.41) is 6.01. The summed E-state index contributed by atoms with van der Waals surface area (Å²) in [6, 6.07) is 7.96. The Balaban J connectivity index is 1.92. The minimum atomic E-state index is -0.232. The van der Waals surface area contributed by atoms with Crippen LogP contribution in [-0.2, 0) is 9.53 Å². The van der Waals surface area contributed by atoms with Gasteiger partial charge in [0.25, 0.3) is 0 Å². The highest BCUT2D eigenvalue weighted by Crippen LogP contribution is 2.19. The number of hydrogen-bond acceptors (Lipinski definition) is 4. The van der Waals surface area contributed by atoms with Crippen molar-refractivity contribution in [3.05, 3.63) is 24.3 Å². The van der Waals surface area contributed by atoms with Crippen LogP contribution in [0.2, 0.25) is 0 Å². The zero-order chi connectivity index (χ0) is 14.4. The van der Waals surface area contributed by atoms with Crippen molar-refractivity contribution in [1.82, 2.24) is 5.32 Å². The molecule has 1 atom stereocenters. The summed E-state index contributed by atoms with van der Waals surface area (Å²) in [5.74, 6) is 0.0183. The molecule has 1 aromatic rings. The van der Waals surface area contributed by atoms with E-state index in [9.17, 15) is 4.79 Å². The molecule has 2 rings (SSSR count). The van der Waals surface area contributed by atoms with Crippen LogP contribution in [-0.4, -0.2) is 44.8 Å². The molecule has 1 aliphatic rings. The van der Waals surface area contributed by atoms with E-state index in [0.29, 0.717) is 6.54 Å². The molecular weight excluding hydrogens is 254 g/mol. The number of hydrogen-bond donors (Lipinski definition) is 2. The molecule has 0 aliphatic carbocycles. The van der Waals surface area contributed by atoms with E-state index in [0.717, 1.165) is 32.0 Å². The van der Waals surface area contributed by atoms with Crippen LogP contribution < -0.4 is 15.5 Å². The van der Waals surface area contributed by atoms with Crippen molar-refractivity contribution in [3.8, 4) is 0 Å². The smallest absolute Gasteiger partial charge is 0.242 e. The Morgan fingerprint density at radius 2 is 1.95 bits per heavy atom. The van der Waals surface area contributed by atoms with Gasteiger partial charge in [0.2, 0.25) is 5.91 Å². The van der Waals surface area contributed by atoms with E-state index in [1.807, 2.05) is 26.0 Å². The number of likely N-dealkylation sites (N-methyl/N-ethyl adjacent to an activating group) is 1. The topological polar surface area (TPSA) is 53.6 Å².